The van der Waals surface area contributed by atoms with Crippen molar-refractivity contribution in [3.63, 3.8) is 0 Å². The Hall–Kier alpha value is -8.15. The summed E-state index contributed by atoms with van der Waals surface area (Å²) in [4.78, 5) is 15.8. The van der Waals surface area contributed by atoms with Gasteiger partial charge in [0.25, 0.3) is 0 Å². The number of para-hydroxylation sites is 1. The van der Waals surface area contributed by atoms with Crippen LogP contribution in [0.25, 0.3) is 83.6 Å². The molecule has 1 aliphatic carbocycles. The minimum Gasteiger partial charge on any atom is -0.456 e. The number of ether oxygens (including phenoxy) is 1. The number of benzene rings is 9. The van der Waals surface area contributed by atoms with Crippen molar-refractivity contribution in [3.8, 4) is 62.5 Å². The summed E-state index contributed by atoms with van der Waals surface area (Å²) in [6.45, 7) is 0. The Labute approximate surface area is 351 Å². The standard InChI is InChI=1S/C56H34N4O/c1-3-15-35(16-4-1)36-27-29-39(30-28-36)54-57-53(38-18-5-2-6-19-38)58-55(59-54)60-47-33-31-37-17-7-8-20-40(37)50(47)51-48(60)34-32-46-52(51)61-49-26-14-13-25-45(49)56(46)43-23-11-9-21-41(43)42-22-10-12-24-44(42)56/h1-34H. The third kappa shape index (κ3) is 4.80. The topological polar surface area (TPSA) is 52.8 Å². The van der Waals surface area contributed by atoms with Gasteiger partial charge in [-0.3, -0.25) is 4.57 Å². The van der Waals surface area contributed by atoms with Crippen molar-refractivity contribution >= 4 is 32.6 Å². The van der Waals surface area contributed by atoms with Crippen molar-refractivity contribution in [1.29, 1.82) is 0 Å². The summed E-state index contributed by atoms with van der Waals surface area (Å²) in [6.07, 6.45) is 0. The fraction of sp³-hybridized carbons (Fsp3) is 0.0179. The Kier molecular flexibility index (Phi) is 7.16. The Morgan fingerprint density at radius 3 is 1.62 bits per heavy atom. The van der Waals surface area contributed by atoms with Crippen LogP contribution in [0, 0.1) is 0 Å². The molecule has 2 aromatic heterocycles. The zero-order valence-corrected chi connectivity index (χ0v) is 32.8. The van der Waals surface area contributed by atoms with Gasteiger partial charge in [0.15, 0.2) is 11.6 Å². The number of aromatic nitrogens is 4. The van der Waals surface area contributed by atoms with Crippen molar-refractivity contribution in [1.82, 2.24) is 19.5 Å². The molecule has 0 unspecified atom stereocenters. The van der Waals surface area contributed by atoms with Crippen LogP contribution in [0.4, 0.5) is 0 Å². The average molecular weight is 779 g/mol. The molecule has 0 fully saturated rings. The smallest absolute Gasteiger partial charge is 0.238 e. The molecule has 0 bridgehead atoms. The number of nitrogens with zero attached hydrogens (tertiary/aromatic N) is 4. The van der Waals surface area contributed by atoms with Crippen LogP contribution in [-0.2, 0) is 5.41 Å². The van der Waals surface area contributed by atoms with Gasteiger partial charge >= 0.3 is 0 Å². The minimum absolute atomic E-state index is 0.536. The maximum Gasteiger partial charge on any atom is 0.238 e. The van der Waals surface area contributed by atoms with Crippen molar-refractivity contribution in [2.45, 2.75) is 5.41 Å². The maximum absolute atomic E-state index is 7.28. The average Bonchev–Trinajstić information content (AvgIpc) is 3.84. The lowest BCUT2D eigenvalue weighted by molar-refractivity contribution is 0.442. The molecule has 1 spiro atoms. The number of fused-ring (bicyclic) bond motifs is 15. The van der Waals surface area contributed by atoms with E-state index in [0.29, 0.717) is 17.6 Å². The van der Waals surface area contributed by atoms with E-state index >= 15 is 0 Å². The molecular weight excluding hydrogens is 745 g/mol. The van der Waals surface area contributed by atoms with E-state index in [0.717, 1.165) is 77.5 Å². The number of hydrogen-bond donors (Lipinski definition) is 0. The summed E-state index contributed by atoms with van der Waals surface area (Å²) in [5.41, 5.74) is 12.7. The second-order valence-corrected chi connectivity index (χ2v) is 15.9. The summed E-state index contributed by atoms with van der Waals surface area (Å²) in [5, 5.41) is 4.40. The largest absolute Gasteiger partial charge is 0.456 e. The molecule has 5 heteroatoms. The van der Waals surface area contributed by atoms with Crippen LogP contribution >= 0.6 is 0 Å². The lowest BCUT2D eigenvalue weighted by Gasteiger charge is -2.39. The monoisotopic (exact) mass is 778 g/mol. The van der Waals surface area contributed by atoms with Crippen molar-refractivity contribution < 1.29 is 4.74 Å². The molecule has 5 nitrogen and oxygen atoms in total. The molecule has 13 rings (SSSR count). The second-order valence-electron chi connectivity index (χ2n) is 15.9. The van der Waals surface area contributed by atoms with E-state index in [2.05, 4.69) is 187 Å². The van der Waals surface area contributed by atoms with Gasteiger partial charge < -0.3 is 4.74 Å². The minimum atomic E-state index is -0.600. The van der Waals surface area contributed by atoms with Gasteiger partial charge in [-0.15, -0.1) is 0 Å². The third-order valence-corrected chi connectivity index (χ3v) is 12.7. The summed E-state index contributed by atoms with van der Waals surface area (Å²) < 4.78 is 9.49. The molecule has 0 amide bonds. The molecule has 1 aliphatic heterocycles. The molecule has 11 aromatic rings. The lowest BCUT2D eigenvalue weighted by Crippen LogP contribution is -2.32. The van der Waals surface area contributed by atoms with Crippen LogP contribution < -0.4 is 4.74 Å². The van der Waals surface area contributed by atoms with Crippen LogP contribution in [0.5, 0.6) is 11.5 Å². The van der Waals surface area contributed by atoms with E-state index in [1.807, 2.05) is 24.3 Å². The number of hydrogen-bond acceptors (Lipinski definition) is 4. The number of rotatable bonds is 4. The van der Waals surface area contributed by atoms with Crippen LogP contribution in [0.2, 0.25) is 0 Å². The van der Waals surface area contributed by atoms with E-state index in [9.17, 15) is 0 Å². The zero-order chi connectivity index (χ0) is 40.1. The Bertz CT molecular complexity index is 3510. The van der Waals surface area contributed by atoms with Crippen LogP contribution in [-0.4, -0.2) is 19.5 Å². The zero-order valence-electron chi connectivity index (χ0n) is 32.8. The van der Waals surface area contributed by atoms with Crippen LogP contribution in [0.3, 0.4) is 0 Å². The van der Waals surface area contributed by atoms with Crippen molar-refractivity contribution in [2.75, 3.05) is 0 Å². The molecule has 2 aliphatic rings. The second kappa shape index (κ2) is 12.9. The first-order chi connectivity index (χ1) is 30.3. The fourth-order valence-electron chi connectivity index (χ4n) is 10.1. The van der Waals surface area contributed by atoms with Crippen LogP contribution in [0.1, 0.15) is 22.3 Å². The Balaban J connectivity index is 1.13. The Morgan fingerprint density at radius 2 is 0.902 bits per heavy atom. The van der Waals surface area contributed by atoms with Crippen molar-refractivity contribution in [2.24, 2.45) is 0 Å². The fourth-order valence-corrected chi connectivity index (χ4v) is 10.1. The van der Waals surface area contributed by atoms with Gasteiger partial charge in [0.05, 0.1) is 21.8 Å². The van der Waals surface area contributed by atoms with Gasteiger partial charge in [-0.2, -0.15) is 9.97 Å². The van der Waals surface area contributed by atoms with Crippen LogP contribution in [0.15, 0.2) is 206 Å². The molecule has 0 saturated carbocycles. The lowest BCUT2D eigenvalue weighted by atomic mass is 9.66. The highest BCUT2D eigenvalue weighted by Gasteiger charge is 2.51. The predicted molar refractivity (Wildman–Crippen MR) is 245 cm³/mol. The molecule has 61 heavy (non-hydrogen) atoms. The first-order valence-electron chi connectivity index (χ1n) is 20.7. The van der Waals surface area contributed by atoms with E-state index < -0.39 is 5.41 Å². The highest BCUT2D eigenvalue weighted by Crippen LogP contribution is 2.63. The van der Waals surface area contributed by atoms with E-state index in [1.165, 1.54) is 22.3 Å². The molecule has 0 radical (unpaired) electrons. The predicted octanol–water partition coefficient (Wildman–Crippen LogP) is 13.6. The van der Waals surface area contributed by atoms with E-state index in [4.69, 9.17) is 19.7 Å². The molecule has 0 saturated heterocycles. The van der Waals surface area contributed by atoms with E-state index in [-0.39, 0.29) is 0 Å². The maximum atomic E-state index is 7.28. The van der Waals surface area contributed by atoms with Gasteiger partial charge in [-0.1, -0.05) is 188 Å². The highest BCUT2D eigenvalue weighted by atomic mass is 16.5. The summed E-state index contributed by atoms with van der Waals surface area (Å²) >= 11 is 0. The molecule has 0 atom stereocenters. The molecule has 0 N–H and O–H groups in total. The summed E-state index contributed by atoms with van der Waals surface area (Å²) in [6, 6.07) is 73.0. The van der Waals surface area contributed by atoms with Gasteiger partial charge in [-0.25, -0.2) is 4.98 Å². The van der Waals surface area contributed by atoms with Gasteiger partial charge in [0.1, 0.15) is 11.5 Å². The third-order valence-electron chi connectivity index (χ3n) is 12.7. The summed E-state index contributed by atoms with van der Waals surface area (Å²) in [7, 11) is 0. The van der Waals surface area contributed by atoms with Gasteiger partial charge in [0, 0.05) is 27.6 Å². The van der Waals surface area contributed by atoms with E-state index in [1.54, 1.807) is 0 Å². The molecular formula is C56H34N4O. The quantitative estimate of drug-likeness (QED) is 0.179. The van der Waals surface area contributed by atoms with Gasteiger partial charge in [-0.05, 0) is 62.4 Å². The molecule has 9 aromatic carbocycles. The van der Waals surface area contributed by atoms with Crippen molar-refractivity contribution in [3.05, 3.63) is 229 Å². The normalized spacial score (nSPS) is 13.2. The SMILES string of the molecule is c1ccc(-c2ccc(-c3nc(-c4ccccc4)nc(-n4c5ccc6c(c5c5c7ccccc7ccc54)Oc4ccccc4C64c5ccccc5-c5ccccc54)n3)cc2)cc1. The Morgan fingerprint density at radius 1 is 0.377 bits per heavy atom. The molecule has 3 heterocycles. The highest BCUT2D eigenvalue weighted by molar-refractivity contribution is 6.23. The first-order valence-corrected chi connectivity index (χ1v) is 20.7. The first kappa shape index (κ1) is 33.8. The summed E-state index contributed by atoms with van der Waals surface area (Å²) in [5.74, 6) is 3.43. The van der Waals surface area contributed by atoms with Gasteiger partial charge in [0.2, 0.25) is 5.95 Å². The molecule has 284 valence electrons.